The Morgan fingerprint density at radius 1 is 1.10 bits per heavy atom. The van der Waals surface area contributed by atoms with Crippen LogP contribution < -0.4 is 17.0 Å². The van der Waals surface area contributed by atoms with E-state index in [1.54, 1.807) is 11.3 Å². The summed E-state index contributed by atoms with van der Waals surface area (Å²) < 4.78 is 3.53. The number of para-hydroxylation sites is 1. The van der Waals surface area contributed by atoms with Crippen LogP contribution in [-0.4, -0.2) is 0 Å². The lowest BCUT2D eigenvalue weighted by atomic mass is 10.2. The Morgan fingerprint density at radius 2 is 1.76 bits per heavy atom. The molecule has 0 saturated carbocycles. The predicted molar refractivity (Wildman–Crippen MR) is 87.9 cm³/mol. The highest BCUT2D eigenvalue weighted by Crippen LogP contribution is 2.29. The van der Waals surface area contributed by atoms with E-state index in [2.05, 4.69) is 47.9 Å². The Kier molecular flexibility index (Phi) is 5.40. The molecule has 0 atom stereocenters. The first kappa shape index (κ1) is 16.0. The molecule has 2 aromatic carbocycles. The minimum absolute atomic E-state index is 0. The summed E-state index contributed by atoms with van der Waals surface area (Å²) >= 11 is 8.29. The molecule has 0 spiro atoms. The molecule has 3 aromatic rings. The van der Waals surface area contributed by atoms with Gasteiger partial charge in [-0.2, -0.15) is 4.57 Å². The van der Waals surface area contributed by atoms with Crippen LogP contribution in [0.4, 0.5) is 0 Å². The van der Waals surface area contributed by atoms with Crippen molar-refractivity contribution in [3.05, 3.63) is 65.2 Å². The summed E-state index contributed by atoms with van der Waals surface area (Å²) in [5.74, 6) is 0. The van der Waals surface area contributed by atoms with E-state index in [0.29, 0.717) is 0 Å². The summed E-state index contributed by atoms with van der Waals surface area (Å²) in [6.45, 7) is 3.06. The van der Waals surface area contributed by atoms with Crippen LogP contribution in [0, 0.1) is 0 Å². The molecule has 1 nitrogen and oxygen atoms in total. The summed E-state index contributed by atoms with van der Waals surface area (Å²) in [5, 5.41) is 1.90. The SMILES string of the molecule is CC[n+]1c(C(Cl)=Cc2ccccc2)sc2ccccc21.[Cl-]. The number of aromatic nitrogens is 1. The maximum absolute atomic E-state index is 6.55. The Hall–Kier alpha value is -1.35. The van der Waals surface area contributed by atoms with Crippen LogP contribution in [0.5, 0.6) is 0 Å². The standard InChI is InChI=1S/C17H15ClNS.ClH/c1-2-19-15-10-6-7-11-16(15)20-17(19)14(18)12-13-8-4-3-5-9-13;/h3-12H,2H2,1H3;1H/q+1;/p-1. The first-order chi connectivity index (χ1) is 9.79. The van der Waals surface area contributed by atoms with Gasteiger partial charge in [-0.05, 0) is 24.6 Å². The van der Waals surface area contributed by atoms with Crippen molar-refractivity contribution in [2.75, 3.05) is 0 Å². The summed E-state index contributed by atoms with van der Waals surface area (Å²) in [6, 6.07) is 18.6. The van der Waals surface area contributed by atoms with Crippen molar-refractivity contribution in [3.63, 3.8) is 0 Å². The lowest BCUT2D eigenvalue weighted by Gasteiger charge is -1.96. The van der Waals surface area contributed by atoms with Crippen molar-refractivity contribution < 1.29 is 17.0 Å². The zero-order chi connectivity index (χ0) is 13.9. The second-order valence-corrected chi connectivity index (χ2v) is 5.96. The van der Waals surface area contributed by atoms with Crippen molar-refractivity contribution in [2.24, 2.45) is 0 Å². The average molecular weight is 336 g/mol. The van der Waals surface area contributed by atoms with Gasteiger partial charge in [-0.3, -0.25) is 0 Å². The fourth-order valence-corrected chi connectivity index (χ4v) is 3.76. The molecule has 0 radical (unpaired) electrons. The van der Waals surface area contributed by atoms with Crippen molar-refractivity contribution in [1.29, 1.82) is 0 Å². The number of hydrogen-bond acceptors (Lipinski definition) is 1. The molecule has 0 saturated heterocycles. The van der Waals surface area contributed by atoms with Gasteiger partial charge >= 0.3 is 0 Å². The zero-order valence-corrected chi connectivity index (χ0v) is 13.9. The second kappa shape index (κ2) is 7.08. The third-order valence-electron chi connectivity index (χ3n) is 3.22. The fraction of sp³-hybridized carbons (Fsp3) is 0.118. The van der Waals surface area contributed by atoms with Gasteiger partial charge < -0.3 is 12.4 Å². The monoisotopic (exact) mass is 335 g/mol. The number of thiazole rings is 1. The summed E-state index contributed by atoms with van der Waals surface area (Å²) in [6.07, 6.45) is 2.03. The van der Waals surface area contributed by atoms with Crippen molar-refractivity contribution >= 4 is 44.3 Å². The number of rotatable bonds is 3. The maximum atomic E-state index is 6.55. The van der Waals surface area contributed by atoms with Crippen LogP contribution >= 0.6 is 22.9 Å². The molecule has 21 heavy (non-hydrogen) atoms. The van der Waals surface area contributed by atoms with Crippen molar-refractivity contribution in [3.8, 4) is 0 Å². The van der Waals surface area contributed by atoms with Gasteiger partial charge in [0.1, 0.15) is 16.3 Å². The van der Waals surface area contributed by atoms with Crippen molar-refractivity contribution in [1.82, 2.24) is 0 Å². The van der Waals surface area contributed by atoms with E-state index >= 15 is 0 Å². The van der Waals surface area contributed by atoms with Crippen LogP contribution in [0.1, 0.15) is 17.5 Å². The molecule has 0 amide bonds. The number of benzene rings is 2. The Balaban J connectivity index is 0.00000161. The summed E-state index contributed by atoms with van der Waals surface area (Å²) in [5.41, 5.74) is 2.37. The van der Waals surface area contributed by atoms with E-state index in [-0.39, 0.29) is 12.4 Å². The first-order valence-electron chi connectivity index (χ1n) is 6.63. The van der Waals surface area contributed by atoms with E-state index in [9.17, 15) is 0 Å². The molecule has 0 aliphatic rings. The normalized spacial score (nSPS) is 11.4. The van der Waals surface area contributed by atoms with E-state index in [0.717, 1.165) is 22.1 Å². The first-order valence-corrected chi connectivity index (χ1v) is 7.83. The molecule has 0 aliphatic heterocycles. The van der Waals surface area contributed by atoms with Crippen LogP contribution in [0.3, 0.4) is 0 Å². The quantitative estimate of drug-likeness (QED) is 0.644. The third kappa shape index (κ3) is 3.29. The third-order valence-corrected chi connectivity index (χ3v) is 4.82. The predicted octanol–water partition coefficient (Wildman–Crippen LogP) is 1.95. The van der Waals surface area contributed by atoms with Crippen molar-refractivity contribution in [2.45, 2.75) is 13.5 Å². The van der Waals surface area contributed by atoms with Crippen LogP contribution in [-0.2, 0) is 6.54 Å². The molecule has 0 aliphatic carbocycles. The number of halogens is 2. The Bertz CT molecular complexity index is 763. The molecule has 0 N–H and O–H groups in total. The van der Waals surface area contributed by atoms with Gasteiger partial charge in [0.05, 0.1) is 0 Å². The highest BCUT2D eigenvalue weighted by Gasteiger charge is 2.21. The van der Waals surface area contributed by atoms with Gasteiger partial charge in [0.15, 0.2) is 0 Å². The molecule has 0 fully saturated rings. The van der Waals surface area contributed by atoms with Gasteiger partial charge in [0, 0.05) is 6.07 Å². The topological polar surface area (TPSA) is 3.88 Å². The number of aryl methyl sites for hydroxylation is 1. The Morgan fingerprint density at radius 3 is 2.48 bits per heavy atom. The highest BCUT2D eigenvalue weighted by molar-refractivity contribution is 7.19. The molecule has 4 heteroatoms. The Labute approximate surface area is 139 Å². The fourth-order valence-electron chi connectivity index (χ4n) is 2.28. The largest absolute Gasteiger partial charge is 1.00 e. The molecule has 1 heterocycles. The van der Waals surface area contributed by atoms with Gasteiger partial charge in [-0.25, -0.2) is 0 Å². The molecular formula is C17H15Cl2NS. The molecular weight excluding hydrogens is 321 g/mol. The number of fused-ring (bicyclic) bond motifs is 1. The zero-order valence-electron chi connectivity index (χ0n) is 11.6. The lowest BCUT2D eigenvalue weighted by molar-refractivity contribution is -0.665. The number of nitrogens with zero attached hydrogens (tertiary/aromatic N) is 1. The van der Waals surface area contributed by atoms with Gasteiger partial charge in [-0.1, -0.05) is 65.4 Å². The minimum atomic E-state index is 0. The molecule has 1 aromatic heterocycles. The molecule has 108 valence electrons. The molecule has 0 unspecified atom stereocenters. The summed E-state index contributed by atoms with van der Waals surface area (Å²) in [4.78, 5) is 0. The van der Waals surface area contributed by atoms with Crippen LogP contribution in [0.2, 0.25) is 0 Å². The van der Waals surface area contributed by atoms with Gasteiger partial charge in [0.2, 0.25) is 5.52 Å². The molecule has 3 rings (SSSR count). The smallest absolute Gasteiger partial charge is 0.281 e. The van der Waals surface area contributed by atoms with Crippen LogP contribution in [0.15, 0.2) is 54.6 Å². The second-order valence-electron chi connectivity index (χ2n) is 4.52. The van der Waals surface area contributed by atoms with E-state index < -0.39 is 0 Å². The highest BCUT2D eigenvalue weighted by atomic mass is 35.5. The minimum Gasteiger partial charge on any atom is -1.00 e. The summed E-state index contributed by atoms with van der Waals surface area (Å²) in [7, 11) is 0. The van der Waals surface area contributed by atoms with Crippen LogP contribution in [0.25, 0.3) is 21.3 Å². The van der Waals surface area contributed by atoms with E-state index in [4.69, 9.17) is 11.6 Å². The number of hydrogen-bond donors (Lipinski definition) is 0. The average Bonchev–Trinajstić information content (AvgIpc) is 2.87. The van der Waals surface area contributed by atoms with E-state index in [1.807, 2.05) is 24.3 Å². The van der Waals surface area contributed by atoms with Gasteiger partial charge in [0.25, 0.3) is 5.01 Å². The van der Waals surface area contributed by atoms with E-state index in [1.165, 1.54) is 10.2 Å². The lowest BCUT2D eigenvalue weighted by Crippen LogP contribution is -3.00. The molecule has 0 bridgehead atoms. The maximum Gasteiger partial charge on any atom is 0.281 e. The van der Waals surface area contributed by atoms with Gasteiger partial charge in [-0.15, -0.1) is 0 Å².